The molecule has 0 bridgehead atoms. The second kappa shape index (κ2) is 8.19. The zero-order valence-corrected chi connectivity index (χ0v) is 18.2. The summed E-state index contributed by atoms with van der Waals surface area (Å²) < 4.78 is 1.78. The number of hydrogen-bond donors (Lipinski definition) is 1. The van der Waals surface area contributed by atoms with Crippen LogP contribution in [0.4, 0.5) is 0 Å². The van der Waals surface area contributed by atoms with Crippen LogP contribution in [-0.2, 0) is 23.2 Å². The first-order valence-corrected chi connectivity index (χ1v) is 11.2. The highest BCUT2D eigenvalue weighted by Crippen LogP contribution is 2.41. The van der Waals surface area contributed by atoms with Gasteiger partial charge in [0, 0.05) is 16.2 Å². The van der Waals surface area contributed by atoms with Gasteiger partial charge in [-0.2, -0.15) is 0 Å². The van der Waals surface area contributed by atoms with Gasteiger partial charge in [0.25, 0.3) is 5.56 Å². The Morgan fingerprint density at radius 2 is 2.00 bits per heavy atom. The number of aromatic nitrogens is 2. The van der Waals surface area contributed by atoms with E-state index in [1.807, 2.05) is 49.4 Å². The van der Waals surface area contributed by atoms with Crippen molar-refractivity contribution in [3.8, 4) is 0 Å². The highest BCUT2D eigenvalue weighted by atomic mass is 32.1. The Bertz CT molecular complexity index is 1180. The summed E-state index contributed by atoms with van der Waals surface area (Å²) >= 11 is 1.49. The molecule has 0 spiro atoms. The number of aliphatic carboxylic acids is 1. The van der Waals surface area contributed by atoms with Gasteiger partial charge in [0.2, 0.25) is 0 Å². The highest BCUT2D eigenvalue weighted by Gasteiger charge is 2.42. The number of hydrogen-bond acceptors (Lipinski definition) is 4. The molecular formula is C24H26N2O3S. The van der Waals surface area contributed by atoms with Crippen molar-refractivity contribution >= 4 is 28.2 Å². The lowest BCUT2D eigenvalue weighted by Crippen LogP contribution is -2.31. The largest absolute Gasteiger partial charge is 0.481 e. The minimum absolute atomic E-state index is 0.0189. The Labute approximate surface area is 179 Å². The summed E-state index contributed by atoms with van der Waals surface area (Å²) in [6.07, 6.45) is 7.65. The van der Waals surface area contributed by atoms with Crippen LogP contribution in [0.25, 0.3) is 10.9 Å². The standard InChI is InChI=1S/C24H26N2O3S/c1-3-4-10-20-25-18-9-7-8-16(2)21(18)22(27)26(20)15-17-11-12-19(30-17)24(23(28)29)13-5-6-14-24/h5-9,11-12H,3-4,10,13-15H2,1-2H3,(H,28,29). The van der Waals surface area contributed by atoms with Gasteiger partial charge in [0.15, 0.2) is 0 Å². The molecule has 4 rings (SSSR count). The summed E-state index contributed by atoms with van der Waals surface area (Å²) in [6, 6.07) is 9.65. The van der Waals surface area contributed by atoms with Crippen molar-refractivity contribution in [3.05, 3.63) is 74.0 Å². The molecule has 0 fully saturated rings. The maximum absolute atomic E-state index is 13.4. The van der Waals surface area contributed by atoms with Crippen LogP contribution >= 0.6 is 11.3 Å². The highest BCUT2D eigenvalue weighted by molar-refractivity contribution is 7.12. The Kier molecular flexibility index (Phi) is 5.60. The number of allylic oxidation sites excluding steroid dienone is 2. The monoisotopic (exact) mass is 422 g/mol. The summed E-state index contributed by atoms with van der Waals surface area (Å²) in [5.74, 6) is 0.00933. The quantitative estimate of drug-likeness (QED) is 0.554. The number of rotatable bonds is 7. The van der Waals surface area contributed by atoms with Crippen LogP contribution in [0.2, 0.25) is 0 Å². The number of nitrogens with zero attached hydrogens (tertiary/aromatic N) is 2. The van der Waals surface area contributed by atoms with E-state index in [0.717, 1.165) is 45.9 Å². The summed E-state index contributed by atoms with van der Waals surface area (Å²) in [5.41, 5.74) is 0.789. The average molecular weight is 423 g/mol. The topological polar surface area (TPSA) is 72.2 Å². The number of carboxylic acids is 1. The van der Waals surface area contributed by atoms with Crippen LogP contribution in [-0.4, -0.2) is 20.6 Å². The molecule has 1 aliphatic rings. The van der Waals surface area contributed by atoms with Crippen LogP contribution in [0.1, 0.15) is 53.7 Å². The number of fused-ring (bicyclic) bond motifs is 1. The normalized spacial score (nSPS) is 15.1. The summed E-state index contributed by atoms with van der Waals surface area (Å²) in [6.45, 7) is 4.48. The van der Waals surface area contributed by atoms with Crippen LogP contribution < -0.4 is 5.56 Å². The molecule has 30 heavy (non-hydrogen) atoms. The van der Waals surface area contributed by atoms with Crippen molar-refractivity contribution < 1.29 is 9.90 Å². The van der Waals surface area contributed by atoms with Gasteiger partial charge in [-0.05, 0) is 49.9 Å². The molecule has 0 saturated carbocycles. The summed E-state index contributed by atoms with van der Waals surface area (Å²) in [7, 11) is 0. The van der Waals surface area contributed by atoms with Crippen molar-refractivity contribution in [2.24, 2.45) is 0 Å². The van der Waals surface area contributed by atoms with Gasteiger partial charge in [-0.3, -0.25) is 14.2 Å². The smallest absolute Gasteiger partial charge is 0.315 e. The first kappa shape index (κ1) is 20.5. The second-order valence-electron chi connectivity index (χ2n) is 8.02. The first-order chi connectivity index (χ1) is 14.5. The second-order valence-corrected chi connectivity index (χ2v) is 9.19. The molecular weight excluding hydrogens is 396 g/mol. The van der Waals surface area contributed by atoms with Crippen molar-refractivity contribution in [3.63, 3.8) is 0 Å². The van der Waals surface area contributed by atoms with E-state index >= 15 is 0 Å². The van der Waals surface area contributed by atoms with E-state index in [1.165, 1.54) is 11.3 Å². The zero-order chi connectivity index (χ0) is 21.3. The Hall–Kier alpha value is -2.73. The fraction of sp³-hybridized carbons (Fsp3) is 0.375. The fourth-order valence-corrected chi connectivity index (χ4v) is 5.37. The van der Waals surface area contributed by atoms with E-state index in [4.69, 9.17) is 4.98 Å². The predicted octanol–water partition coefficient (Wildman–Crippen LogP) is 4.83. The molecule has 0 amide bonds. The van der Waals surface area contributed by atoms with E-state index in [9.17, 15) is 14.7 Å². The van der Waals surface area contributed by atoms with Crippen LogP contribution in [0, 0.1) is 6.92 Å². The zero-order valence-electron chi connectivity index (χ0n) is 17.4. The fourth-order valence-electron chi connectivity index (χ4n) is 4.17. The van der Waals surface area contributed by atoms with Crippen molar-refractivity contribution in [1.29, 1.82) is 0 Å². The van der Waals surface area contributed by atoms with Gasteiger partial charge in [-0.15, -0.1) is 11.3 Å². The van der Waals surface area contributed by atoms with E-state index in [-0.39, 0.29) is 5.56 Å². The third-order valence-corrected chi connectivity index (χ3v) is 7.25. The predicted molar refractivity (Wildman–Crippen MR) is 120 cm³/mol. The molecule has 1 aliphatic carbocycles. The molecule has 156 valence electrons. The van der Waals surface area contributed by atoms with Gasteiger partial charge >= 0.3 is 5.97 Å². The summed E-state index contributed by atoms with van der Waals surface area (Å²) in [4.78, 5) is 32.0. The van der Waals surface area contributed by atoms with Crippen LogP contribution in [0.3, 0.4) is 0 Å². The van der Waals surface area contributed by atoms with Gasteiger partial charge < -0.3 is 5.11 Å². The third-order valence-electron chi connectivity index (χ3n) is 5.98. The molecule has 0 aliphatic heterocycles. The minimum atomic E-state index is -0.864. The maximum atomic E-state index is 13.4. The van der Waals surface area contributed by atoms with Gasteiger partial charge in [0.1, 0.15) is 11.2 Å². The molecule has 1 aromatic carbocycles. The lowest BCUT2D eigenvalue weighted by molar-refractivity contribution is -0.143. The number of aryl methyl sites for hydroxylation is 2. The number of benzene rings is 1. The van der Waals surface area contributed by atoms with Crippen molar-refractivity contribution in [2.75, 3.05) is 0 Å². The van der Waals surface area contributed by atoms with Gasteiger partial charge in [-0.1, -0.05) is 37.6 Å². The van der Waals surface area contributed by atoms with Crippen molar-refractivity contribution in [1.82, 2.24) is 9.55 Å². The number of unbranched alkanes of at least 4 members (excludes halogenated alkanes) is 1. The maximum Gasteiger partial charge on any atom is 0.315 e. The van der Waals surface area contributed by atoms with E-state index in [1.54, 1.807) is 4.57 Å². The Morgan fingerprint density at radius 3 is 2.70 bits per heavy atom. The Morgan fingerprint density at radius 1 is 1.23 bits per heavy atom. The molecule has 3 aromatic rings. The number of carbonyl (C=O) groups is 1. The molecule has 0 unspecified atom stereocenters. The van der Waals surface area contributed by atoms with Gasteiger partial charge in [-0.25, -0.2) is 4.98 Å². The van der Waals surface area contributed by atoms with E-state index in [0.29, 0.717) is 24.8 Å². The molecule has 2 aromatic heterocycles. The number of thiophene rings is 1. The molecule has 0 radical (unpaired) electrons. The first-order valence-electron chi connectivity index (χ1n) is 10.4. The van der Waals surface area contributed by atoms with Crippen LogP contribution in [0.5, 0.6) is 0 Å². The summed E-state index contributed by atoms with van der Waals surface area (Å²) in [5, 5.41) is 10.5. The van der Waals surface area contributed by atoms with Gasteiger partial charge in [0.05, 0.1) is 17.4 Å². The third kappa shape index (κ3) is 3.49. The lowest BCUT2D eigenvalue weighted by atomic mass is 9.84. The number of carboxylic acid groups (broad SMARTS) is 1. The lowest BCUT2D eigenvalue weighted by Gasteiger charge is -2.22. The SMILES string of the molecule is CCCCc1nc2cccc(C)c2c(=O)n1Cc1ccc(C2(C(=O)O)CC=CC2)s1. The average Bonchev–Trinajstić information content (AvgIpc) is 3.39. The molecule has 6 heteroatoms. The molecule has 0 saturated heterocycles. The van der Waals surface area contributed by atoms with Crippen LogP contribution in [0.15, 0.2) is 47.3 Å². The minimum Gasteiger partial charge on any atom is -0.481 e. The molecule has 5 nitrogen and oxygen atoms in total. The van der Waals surface area contributed by atoms with Crippen molar-refractivity contribution in [2.45, 2.75) is 57.9 Å². The molecule has 1 N–H and O–H groups in total. The van der Waals surface area contributed by atoms with E-state index in [2.05, 4.69) is 6.92 Å². The van der Waals surface area contributed by atoms with E-state index < -0.39 is 11.4 Å². The Balaban J connectivity index is 1.76. The molecule has 2 heterocycles. The molecule has 0 atom stereocenters.